The van der Waals surface area contributed by atoms with Gasteiger partial charge in [-0.05, 0) is 50.2 Å². The highest BCUT2D eigenvalue weighted by Gasteiger charge is 2.49. The Bertz CT molecular complexity index is 1800. The second kappa shape index (κ2) is 11.5. The smallest absolute Gasteiger partial charge is 0.319 e. The lowest BCUT2D eigenvalue weighted by Gasteiger charge is -2.47. The summed E-state index contributed by atoms with van der Waals surface area (Å²) in [6.07, 6.45) is 5.92. The molecule has 1 N–H and O–H groups in total. The highest BCUT2D eigenvalue weighted by molar-refractivity contribution is 5.97. The van der Waals surface area contributed by atoms with Crippen LogP contribution in [0, 0.1) is 23.7 Å². The van der Waals surface area contributed by atoms with Gasteiger partial charge in [0, 0.05) is 68.7 Å². The number of carbonyl (C=O) groups is 1. The van der Waals surface area contributed by atoms with Crippen LogP contribution < -0.4 is 14.5 Å². The number of nitrogens with one attached hydrogen (secondary N) is 1. The summed E-state index contributed by atoms with van der Waals surface area (Å²) in [4.78, 5) is 35.1. The number of ether oxygens (including phenoxy) is 1. The summed E-state index contributed by atoms with van der Waals surface area (Å²) >= 11 is 0. The number of likely N-dealkylation sites (N-methyl/N-ethyl adjacent to an activating group) is 1. The fraction of sp³-hybridized carbons (Fsp3) is 0.394. The number of pyridine rings is 1. The molecule has 0 unspecified atom stereocenters. The van der Waals surface area contributed by atoms with Gasteiger partial charge in [0.05, 0.1) is 35.0 Å². The number of aromatic amines is 1. The average Bonchev–Trinajstić information content (AvgIpc) is 3.71. The van der Waals surface area contributed by atoms with Crippen molar-refractivity contribution in [1.82, 2.24) is 34.9 Å². The molecule has 3 aromatic heterocycles. The minimum absolute atomic E-state index is 0.0343. The normalized spacial score (nSPS) is 17.8. The molecule has 230 valence electrons. The van der Waals surface area contributed by atoms with Gasteiger partial charge in [-0.3, -0.25) is 14.9 Å². The number of aryl methyl sites for hydroxylation is 1. The molecule has 4 aromatic rings. The maximum absolute atomic E-state index is 12.1. The van der Waals surface area contributed by atoms with Gasteiger partial charge >= 0.3 is 6.01 Å². The highest BCUT2D eigenvalue weighted by Crippen LogP contribution is 2.43. The second-order valence-corrected chi connectivity index (χ2v) is 12.4. The Hall–Kier alpha value is -5.02. The molecule has 12 nitrogen and oxygen atoms in total. The first-order valence-electron chi connectivity index (χ1n) is 15.3. The van der Waals surface area contributed by atoms with Crippen LogP contribution in [-0.4, -0.2) is 100 Å². The van der Waals surface area contributed by atoms with Crippen LogP contribution in [-0.2, 0) is 11.4 Å². The lowest BCUT2D eigenvalue weighted by atomic mass is 9.79. The van der Waals surface area contributed by atoms with Gasteiger partial charge in [0.25, 0.3) is 0 Å². The van der Waals surface area contributed by atoms with Crippen LogP contribution in [0.15, 0.2) is 49.3 Å². The number of benzene rings is 1. The first kappa shape index (κ1) is 28.7. The van der Waals surface area contributed by atoms with E-state index in [2.05, 4.69) is 55.6 Å². The van der Waals surface area contributed by atoms with Crippen LogP contribution in [0.1, 0.15) is 23.2 Å². The highest BCUT2D eigenvalue weighted by atomic mass is 16.5. The van der Waals surface area contributed by atoms with Gasteiger partial charge in [-0.25, -0.2) is 0 Å². The summed E-state index contributed by atoms with van der Waals surface area (Å²) < 4.78 is 6.21. The minimum atomic E-state index is -0.0503. The fourth-order valence-electron chi connectivity index (χ4n) is 6.76. The van der Waals surface area contributed by atoms with E-state index in [1.165, 1.54) is 6.08 Å². The Morgan fingerprint density at radius 1 is 1.09 bits per heavy atom. The number of amides is 1. The fourth-order valence-corrected chi connectivity index (χ4v) is 6.76. The van der Waals surface area contributed by atoms with Crippen molar-refractivity contribution in [3.63, 3.8) is 0 Å². The molecule has 45 heavy (non-hydrogen) atoms. The van der Waals surface area contributed by atoms with Gasteiger partial charge in [0.15, 0.2) is 5.82 Å². The van der Waals surface area contributed by atoms with Gasteiger partial charge in [-0.15, -0.1) is 0 Å². The van der Waals surface area contributed by atoms with E-state index < -0.39 is 0 Å². The summed E-state index contributed by atoms with van der Waals surface area (Å²) in [5.74, 6) is 0.492. The van der Waals surface area contributed by atoms with E-state index in [9.17, 15) is 10.1 Å². The van der Waals surface area contributed by atoms with E-state index in [0.29, 0.717) is 43.3 Å². The molecule has 7 rings (SSSR count). The Labute approximate surface area is 261 Å². The second-order valence-electron chi connectivity index (χ2n) is 12.4. The standard InChI is InChI=1S/C33H36N10O2/c1-4-28(44)43-20-33(21-43)9-10-42(19-33)31-25(15-34)30(29-22(2)5-8-27-26(29)17-36-39-27)37-32(38-31)45-18-23-6-7-24(16-35-23)41-13-11-40(3)12-14-41/h4-8,16-17H,1,9-14,18-21H2,2-3H3,(H,36,39). The number of carbonyl (C=O) groups excluding carboxylic acids is 1. The molecular weight excluding hydrogens is 568 g/mol. The Balaban J connectivity index is 1.20. The molecule has 12 heteroatoms. The Kier molecular flexibility index (Phi) is 7.33. The van der Waals surface area contributed by atoms with Crippen LogP contribution >= 0.6 is 0 Å². The molecule has 3 aliphatic heterocycles. The predicted molar refractivity (Wildman–Crippen MR) is 171 cm³/mol. The third kappa shape index (κ3) is 5.33. The number of hydrogen-bond donors (Lipinski definition) is 1. The zero-order valence-electron chi connectivity index (χ0n) is 25.7. The van der Waals surface area contributed by atoms with Gasteiger partial charge in [0.2, 0.25) is 5.91 Å². The van der Waals surface area contributed by atoms with Crippen LogP contribution in [0.2, 0.25) is 0 Å². The van der Waals surface area contributed by atoms with E-state index in [0.717, 1.165) is 66.0 Å². The monoisotopic (exact) mass is 604 g/mol. The Morgan fingerprint density at radius 3 is 2.64 bits per heavy atom. The van der Waals surface area contributed by atoms with Crippen molar-refractivity contribution in [3.05, 3.63) is 66.1 Å². The zero-order chi connectivity index (χ0) is 31.1. The summed E-state index contributed by atoms with van der Waals surface area (Å²) in [5.41, 5.74) is 5.37. The minimum Gasteiger partial charge on any atom is -0.457 e. The van der Waals surface area contributed by atoms with Crippen LogP contribution in [0.5, 0.6) is 6.01 Å². The van der Waals surface area contributed by atoms with Crippen molar-refractivity contribution in [1.29, 1.82) is 5.26 Å². The third-order valence-corrected chi connectivity index (χ3v) is 9.35. The van der Waals surface area contributed by atoms with E-state index in [1.54, 1.807) is 6.20 Å². The Morgan fingerprint density at radius 2 is 1.91 bits per heavy atom. The van der Waals surface area contributed by atoms with Gasteiger partial charge in [0.1, 0.15) is 18.2 Å². The molecule has 6 heterocycles. The number of H-pyrrole nitrogens is 1. The molecule has 3 saturated heterocycles. The first-order chi connectivity index (χ1) is 21.9. The van der Waals surface area contributed by atoms with Crippen molar-refractivity contribution in [2.75, 3.05) is 69.2 Å². The van der Waals surface area contributed by atoms with Crippen molar-refractivity contribution >= 4 is 28.3 Å². The van der Waals surface area contributed by atoms with Crippen molar-refractivity contribution in [2.45, 2.75) is 20.0 Å². The largest absolute Gasteiger partial charge is 0.457 e. The molecule has 1 amide bonds. The number of hydrogen-bond acceptors (Lipinski definition) is 10. The van der Waals surface area contributed by atoms with E-state index in [1.807, 2.05) is 36.2 Å². The van der Waals surface area contributed by atoms with Crippen LogP contribution in [0.4, 0.5) is 11.5 Å². The van der Waals surface area contributed by atoms with Gasteiger partial charge < -0.3 is 24.3 Å². The summed E-state index contributed by atoms with van der Waals surface area (Å²) in [5, 5.41) is 18.7. The SMILES string of the molecule is C=CC(=O)N1CC2(CCN(c3nc(OCc4ccc(N5CCN(C)CC5)cn4)nc(-c4c(C)ccc5[nH]ncc45)c3C#N)C2)C1. The molecule has 3 fully saturated rings. The molecule has 0 aliphatic carbocycles. The zero-order valence-corrected chi connectivity index (χ0v) is 25.7. The maximum Gasteiger partial charge on any atom is 0.319 e. The number of nitriles is 1. The molecule has 0 bridgehead atoms. The number of nitrogens with zero attached hydrogens (tertiary/aromatic N) is 9. The number of anilines is 2. The van der Waals surface area contributed by atoms with E-state index in [-0.39, 0.29) is 23.9 Å². The predicted octanol–water partition coefficient (Wildman–Crippen LogP) is 3.15. The molecule has 1 aromatic carbocycles. The molecule has 0 radical (unpaired) electrons. The first-order valence-corrected chi connectivity index (χ1v) is 15.3. The van der Waals surface area contributed by atoms with Crippen molar-refractivity contribution < 1.29 is 9.53 Å². The molecular formula is C33H36N10O2. The molecule has 0 atom stereocenters. The average molecular weight is 605 g/mol. The number of likely N-dealkylation sites (tertiary alicyclic amines) is 1. The quantitative estimate of drug-likeness (QED) is 0.314. The summed E-state index contributed by atoms with van der Waals surface area (Å²) in [6.45, 7) is 12.5. The molecule has 3 aliphatic rings. The number of aromatic nitrogens is 5. The third-order valence-electron chi connectivity index (χ3n) is 9.35. The van der Waals surface area contributed by atoms with E-state index in [4.69, 9.17) is 14.7 Å². The summed E-state index contributed by atoms with van der Waals surface area (Å²) in [7, 11) is 2.14. The van der Waals surface area contributed by atoms with Gasteiger partial charge in [-0.1, -0.05) is 12.6 Å². The number of piperazine rings is 1. The lowest BCUT2D eigenvalue weighted by molar-refractivity contribution is -0.136. The number of rotatable bonds is 7. The van der Waals surface area contributed by atoms with Crippen LogP contribution in [0.25, 0.3) is 22.2 Å². The molecule has 0 saturated carbocycles. The topological polar surface area (TPSA) is 130 Å². The van der Waals surface area contributed by atoms with Crippen LogP contribution in [0.3, 0.4) is 0 Å². The van der Waals surface area contributed by atoms with Crippen molar-refractivity contribution in [3.8, 4) is 23.3 Å². The molecule has 1 spiro atoms. The van der Waals surface area contributed by atoms with E-state index >= 15 is 0 Å². The van der Waals surface area contributed by atoms with Crippen molar-refractivity contribution in [2.24, 2.45) is 5.41 Å². The van der Waals surface area contributed by atoms with Gasteiger partial charge in [-0.2, -0.15) is 20.3 Å². The lowest BCUT2D eigenvalue weighted by Crippen LogP contribution is -2.59. The number of fused-ring (bicyclic) bond motifs is 1. The maximum atomic E-state index is 12.1. The summed E-state index contributed by atoms with van der Waals surface area (Å²) in [6, 6.07) is 10.6.